The largest absolute Gasteiger partial charge is 0.384 e. The zero-order chi connectivity index (χ0) is 16.4. The second-order valence-electron chi connectivity index (χ2n) is 4.92. The quantitative estimate of drug-likeness (QED) is 0.803. The lowest BCUT2D eigenvalue weighted by Crippen LogP contribution is -2.38. The molecule has 22 heavy (non-hydrogen) atoms. The maximum atomic E-state index is 12.1. The van der Waals surface area contributed by atoms with E-state index in [4.69, 9.17) is 23.2 Å². The predicted molar refractivity (Wildman–Crippen MR) is 85.5 cm³/mol. The van der Waals surface area contributed by atoms with Gasteiger partial charge in [0.15, 0.2) is 0 Å². The Morgan fingerprint density at radius 1 is 1.18 bits per heavy atom. The van der Waals surface area contributed by atoms with Crippen molar-refractivity contribution in [2.75, 3.05) is 6.54 Å². The highest BCUT2D eigenvalue weighted by atomic mass is 35.5. The van der Waals surface area contributed by atoms with E-state index in [9.17, 15) is 13.5 Å². The average Bonchev–Trinajstić information content (AvgIpc) is 2.46. The monoisotopic (exact) mass is 360 g/mol. The Labute approximate surface area is 139 Å². The Hall–Kier alpha value is -1.18. The summed E-state index contributed by atoms with van der Waals surface area (Å²) in [6, 6.07) is 9.26. The van der Waals surface area contributed by atoms with Gasteiger partial charge in [-0.3, -0.25) is 0 Å². The van der Waals surface area contributed by atoms with Crippen molar-refractivity contribution in [3.63, 3.8) is 0 Å². The van der Waals surface area contributed by atoms with Crippen LogP contribution in [0, 0.1) is 0 Å². The molecule has 118 valence electrons. The van der Waals surface area contributed by atoms with Crippen LogP contribution in [0.5, 0.6) is 0 Å². The number of halogens is 2. The summed E-state index contributed by atoms with van der Waals surface area (Å²) in [7, 11) is -3.78. The van der Waals surface area contributed by atoms with Crippen molar-refractivity contribution in [2.45, 2.75) is 17.4 Å². The van der Waals surface area contributed by atoms with Crippen LogP contribution in [0.15, 0.2) is 47.5 Å². The van der Waals surface area contributed by atoms with Crippen molar-refractivity contribution in [1.29, 1.82) is 0 Å². The first-order chi connectivity index (χ1) is 10.2. The maximum absolute atomic E-state index is 12.1. The van der Waals surface area contributed by atoms with E-state index in [0.717, 1.165) is 6.20 Å². The molecule has 1 aromatic carbocycles. The van der Waals surface area contributed by atoms with Crippen molar-refractivity contribution in [2.24, 2.45) is 0 Å². The molecule has 0 saturated heterocycles. The van der Waals surface area contributed by atoms with Gasteiger partial charge in [-0.2, -0.15) is 0 Å². The minimum Gasteiger partial charge on any atom is -0.384 e. The van der Waals surface area contributed by atoms with E-state index in [1.165, 1.54) is 19.1 Å². The van der Waals surface area contributed by atoms with E-state index in [-0.39, 0.29) is 16.6 Å². The molecule has 0 aliphatic carbocycles. The lowest BCUT2D eigenvalue weighted by atomic mass is 9.97. The zero-order valence-electron chi connectivity index (χ0n) is 11.6. The Morgan fingerprint density at radius 2 is 1.82 bits per heavy atom. The first-order valence-corrected chi connectivity index (χ1v) is 8.54. The Balaban J connectivity index is 2.13. The third-order valence-electron chi connectivity index (χ3n) is 3.08. The highest BCUT2D eigenvalue weighted by molar-refractivity contribution is 7.89. The molecule has 1 heterocycles. The number of nitrogens with one attached hydrogen (secondary N) is 1. The average molecular weight is 361 g/mol. The van der Waals surface area contributed by atoms with Gasteiger partial charge in [0.2, 0.25) is 10.0 Å². The van der Waals surface area contributed by atoms with Gasteiger partial charge in [-0.05, 0) is 36.8 Å². The molecule has 0 amide bonds. The number of benzene rings is 1. The molecule has 1 unspecified atom stereocenters. The standard InChI is InChI=1S/C14H14Cl2N2O3S/c1-14(19,10-2-4-11(15)5-3-10)9-18-22(20,21)12-6-7-13(16)17-8-12/h2-8,18-19H,9H2,1H3. The second kappa shape index (κ2) is 6.52. The smallest absolute Gasteiger partial charge is 0.242 e. The number of aromatic nitrogens is 1. The van der Waals surface area contributed by atoms with E-state index >= 15 is 0 Å². The van der Waals surface area contributed by atoms with Crippen LogP contribution in [-0.2, 0) is 15.6 Å². The molecule has 5 nitrogen and oxygen atoms in total. The van der Waals surface area contributed by atoms with Gasteiger partial charge in [0.25, 0.3) is 0 Å². The molecule has 0 spiro atoms. The van der Waals surface area contributed by atoms with Gasteiger partial charge in [-0.1, -0.05) is 35.3 Å². The molecule has 0 saturated carbocycles. The van der Waals surface area contributed by atoms with E-state index in [1.54, 1.807) is 24.3 Å². The molecule has 2 rings (SSSR count). The molecule has 0 radical (unpaired) electrons. The number of hydrogen-bond acceptors (Lipinski definition) is 4. The second-order valence-corrected chi connectivity index (χ2v) is 7.51. The summed E-state index contributed by atoms with van der Waals surface area (Å²) in [5, 5.41) is 11.2. The van der Waals surface area contributed by atoms with Crippen LogP contribution >= 0.6 is 23.2 Å². The Morgan fingerprint density at radius 3 is 2.36 bits per heavy atom. The van der Waals surface area contributed by atoms with Crippen LogP contribution in [0.3, 0.4) is 0 Å². The van der Waals surface area contributed by atoms with Gasteiger partial charge >= 0.3 is 0 Å². The fourth-order valence-electron chi connectivity index (χ4n) is 1.75. The molecular weight excluding hydrogens is 347 g/mol. The molecule has 0 aliphatic heterocycles. The molecule has 2 N–H and O–H groups in total. The number of aliphatic hydroxyl groups is 1. The highest BCUT2D eigenvalue weighted by Crippen LogP contribution is 2.22. The lowest BCUT2D eigenvalue weighted by molar-refractivity contribution is 0.0627. The van der Waals surface area contributed by atoms with Crippen molar-refractivity contribution in [3.05, 3.63) is 58.3 Å². The summed E-state index contributed by atoms with van der Waals surface area (Å²) in [4.78, 5) is 3.70. The van der Waals surface area contributed by atoms with E-state index < -0.39 is 15.6 Å². The van der Waals surface area contributed by atoms with Crippen LogP contribution in [0.1, 0.15) is 12.5 Å². The summed E-state index contributed by atoms with van der Waals surface area (Å²) in [6.07, 6.45) is 1.15. The van der Waals surface area contributed by atoms with Gasteiger partial charge in [0.1, 0.15) is 15.6 Å². The van der Waals surface area contributed by atoms with Crippen LogP contribution < -0.4 is 4.72 Å². The highest BCUT2D eigenvalue weighted by Gasteiger charge is 2.26. The molecule has 0 fully saturated rings. The van der Waals surface area contributed by atoms with Crippen molar-refractivity contribution in [3.8, 4) is 0 Å². The molecule has 0 bridgehead atoms. The minimum absolute atomic E-state index is 0.0243. The number of hydrogen-bond donors (Lipinski definition) is 2. The maximum Gasteiger partial charge on any atom is 0.242 e. The van der Waals surface area contributed by atoms with Crippen LogP contribution in [0.4, 0.5) is 0 Å². The van der Waals surface area contributed by atoms with E-state index in [2.05, 4.69) is 9.71 Å². The van der Waals surface area contributed by atoms with Crippen LogP contribution in [0.25, 0.3) is 0 Å². The van der Waals surface area contributed by atoms with Gasteiger partial charge < -0.3 is 5.11 Å². The number of rotatable bonds is 5. The molecule has 2 aromatic rings. The number of sulfonamides is 1. The minimum atomic E-state index is -3.78. The first kappa shape index (κ1) is 17.2. The SMILES string of the molecule is CC(O)(CNS(=O)(=O)c1ccc(Cl)nc1)c1ccc(Cl)cc1. The third kappa shape index (κ3) is 4.18. The Bertz CT molecular complexity index is 745. The van der Waals surface area contributed by atoms with E-state index in [0.29, 0.717) is 10.6 Å². The van der Waals surface area contributed by atoms with Crippen LogP contribution in [-0.4, -0.2) is 25.1 Å². The first-order valence-electron chi connectivity index (χ1n) is 6.30. The van der Waals surface area contributed by atoms with Crippen molar-refractivity contribution < 1.29 is 13.5 Å². The van der Waals surface area contributed by atoms with Gasteiger partial charge in [-0.25, -0.2) is 18.1 Å². The third-order valence-corrected chi connectivity index (χ3v) is 4.95. The molecule has 1 aromatic heterocycles. The number of nitrogens with zero attached hydrogens (tertiary/aromatic N) is 1. The van der Waals surface area contributed by atoms with Crippen molar-refractivity contribution >= 4 is 33.2 Å². The summed E-state index contributed by atoms with van der Waals surface area (Å²) in [5.74, 6) is 0. The lowest BCUT2D eigenvalue weighted by Gasteiger charge is -2.24. The fraction of sp³-hybridized carbons (Fsp3) is 0.214. The van der Waals surface area contributed by atoms with Crippen molar-refractivity contribution in [1.82, 2.24) is 9.71 Å². The summed E-state index contributed by atoms with van der Waals surface area (Å²) < 4.78 is 26.7. The van der Waals surface area contributed by atoms with Gasteiger partial charge in [-0.15, -0.1) is 0 Å². The fourth-order valence-corrected chi connectivity index (χ4v) is 3.07. The topological polar surface area (TPSA) is 79.3 Å². The summed E-state index contributed by atoms with van der Waals surface area (Å²) in [6.45, 7) is 1.32. The molecular formula is C14H14Cl2N2O3S. The van der Waals surface area contributed by atoms with Crippen LogP contribution in [0.2, 0.25) is 10.2 Å². The normalized spacial score (nSPS) is 14.5. The molecule has 1 atom stereocenters. The predicted octanol–water partition coefficient (Wildman–Crippen LogP) is 2.57. The van der Waals surface area contributed by atoms with Gasteiger partial charge in [0.05, 0.1) is 0 Å². The summed E-state index contributed by atoms with van der Waals surface area (Å²) in [5.41, 5.74) is -0.828. The number of pyridine rings is 1. The van der Waals surface area contributed by atoms with E-state index in [1.807, 2.05) is 0 Å². The summed E-state index contributed by atoms with van der Waals surface area (Å²) >= 11 is 11.4. The van der Waals surface area contributed by atoms with Gasteiger partial charge in [0, 0.05) is 17.8 Å². The molecule has 8 heteroatoms. The molecule has 0 aliphatic rings. The Kier molecular flexibility index (Phi) is 5.09. The zero-order valence-corrected chi connectivity index (χ0v) is 14.0.